The molecule has 3 aliphatic rings. The van der Waals surface area contributed by atoms with Crippen molar-refractivity contribution in [3.63, 3.8) is 0 Å². The predicted molar refractivity (Wildman–Crippen MR) is 147 cm³/mol. The van der Waals surface area contributed by atoms with E-state index in [0.29, 0.717) is 0 Å². The monoisotopic (exact) mass is 687 g/mol. The van der Waals surface area contributed by atoms with Crippen molar-refractivity contribution in [2.45, 2.75) is 48.6 Å². The van der Waals surface area contributed by atoms with Gasteiger partial charge in [0.2, 0.25) is 5.95 Å². The first-order valence-corrected chi connectivity index (χ1v) is 15.9. The minimum atomic E-state index is -5.07. The van der Waals surface area contributed by atoms with Crippen molar-refractivity contribution in [3.8, 4) is 0 Å². The summed E-state index contributed by atoms with van der Waals surface area (Å²) in [7, 11) is -8.11. The molecule has 6 unspecified atom stereocenters. The largest absolute Gasteiger partial charge is 0.694 e. The number of aromatic amines is 1. The summed E-state index contributed by atoms with van der Waals surface area (Å²) in [4.78, 5) is 54.7. The number of nitrogens with two attached hydrogens (primary N) is 2. The van der Waals surface area contributed by atoms with Gasteiger partial charge in [-0.15, -0.1) is 9.42 Å². The second-order valence-corrected chi connectivity index (χ2v) is 12.7. The minimum absolute atomic E-state index is 0.0688. The molecule has 0 bridgehead atoms. The molecule has 3 saturated heterocycles. The standard InChI is InChI=1S/C21H24N10O13P2/c22-14-8-15(25-4-24-14)30(5-26-8)18-11(33)10(32)7(42-18)1-41-46(37,38)44-12-13-21(2-39-13,3-40-45(35)36)43-19(12)31-6-27-9-16(31)28-20(23)29-17(9)34/h4-7,10-13,18-19,32-33H,1-3H2,(H6-,22,23,24,25,28,29,34,35,36,37,38)/p+1/t7-,10?,11?,12?,13?,18-,19-,21-/m1/s1. The summed E-state index contributed by atoms with van der Waals surface area (Å²) in [6.45, 7) is -1.37. The van der Waals surface area contributed by atoms with Crippen LogP contribution in [0.25, 0.3) is 22.3 Å². The first kappa shape index (κ1) is 31.1. The zero-order valence-corrected chi connectivity index (χ0v) is 24.8. The molecule has 0 spiro atoms. The van der Waals surface area contributed by atoms with Crippen LogP contribution in [0.15, 0.2) is 23.8 Å². The number of nitrogen functional groups attached to an aromatic ring is 2. The van der Waals surface area contributed by atoms with Crippen molar-refractivity contribution >= 4 is 50.2 Å². The number of aliphatic hydroxyl groups excluding tert-OH is 2. The van der Waals surface area contributed by atoms with Crippen LogP contribution in [0, 0.1) is 0 Å². The Labute approximate surface area is 255 Å². The Morgan fingerprint density at radius 3 is 2.57 bits per heavy atom. The van der Waals surface area contributed by atoms with Gasteiger partial charge in [-0.3, -0.25) is 28.0 Å². The number of hydrogen-bond donors (Lipinski definition) is 7. The number of nitrogens with one attached hydrogen (secondary N) is 1. The van der Waals surface area contributed by atoms with Crippen LogP contribution < -0.4 is 17.0 Å². The van der Waals surface area contributed by atoms with Gasteiger partial charge >= 0.3 is 16.1 Å². The highest BCUT2D eigenvalue weighted by Gasteiger charge is 2.66. The van der Waals surface area contributed by atoms with E-state index in [0.717, 1.165) is 6.33 Å². The first-order chi connectivity index (χ1) is 21.9. The lowest BCUT2D eigenvalue weighted by Crippen LogP contribution is -2.61. The lowest BCUT2D eigenvalue weighted by molar-refractivity contribution is -0.242. The maximum Gasteiger partial charge on any atom is 0.694 e. The molecule has 0 aliphatic carbocycles. The second-order valence-electron chi connectivity index (χ2n) is 10.6. The van der Waals surface area contributed by atoms with E-state index < -0.39 is 83.4 Å². The summed E-state index contributed by atoms with van der Waals surface area (Å²) < 4.78 is 60.1. The van der Waals surface area contributed by atoms with Gasteiger partial charge in [-0.25, -0.2) is 24.5 Å². The van der Waals surface area contributed by atoms with E-state index in [2.05, 4.69) is 29.9 Å². The fourth-order valence-electron chi connectivity index (χ4n) is 5.60. The zero-order valence-electron chi connectivity index (χ0n) is 23.0. The highest BCUT2D eigenvalue weighted by atomic mass is 31.2. The van der Waals surface area contributed by atoms with Crippen molar-refractivity contribution in [2.75, 3.05) is 31.3 Å². The third-order valence-electron chi connectivity index (χ3n) is 7.76. The number of hydrogen-bond acceptors (Lipinski definition) is 18. The number of phosphoric ester groups is 1. The third-order valence-corrected chi connectivity index (χ3v) is 9.10. The van der Waals surface area contributed by atoms with E-state index in [1.54, 1.807) is 0 Å². The van der Waals surface area contributed by atoms with E-state index in [1.807, 2.05) is 0 Å². The molecule has 246 valence electrons. The van der Waals surface area contributed by atoms with E-state index in [1.165, 1.54) is 21.8 Å². The molecule has 7 heterocycles. The molecule has 10 atom stereocenters. The zero-order chi connectivity index (χ0) is 32.5. The van der Waals surface area contributed by atoms with Crippen LogP contribution in [0.4, 0.5) is 11.8 Å². The van der Waals surface area contributed by atoms with Crippen molar-refractivity contribution in [2.24, 2.45) is 0 Å². The van der Waals surface area contributed by atoms with Crippen LogP contribution in [-0.2, 0) is 36.9 Å². The number of H-pyrrole nitrogens is 1. The van der Waals surface area contributed by atoms with Crippen LogP contribution in [-0.4, -0.2) is 115 Å². The lowest BCUT2D eigenvalue weighted by atomic mass is 9.91. The maximum atomic E-state index is 13.3. The van der Waals surface area contributed by atoms with E-state index in [-0.39, 0.29) is 40.7 Å². The molecule has 9 N–H and O–H groups in total. The number of ether oxygens (including phenoxy) is 3. The average Bonchev–Trinajstić information content (AvgIpc) is 3.71. The SMILES string of the molecule is Nc1nc2c(ncn2[C@@H]2O[C@@]3(CO[P+](=O)O)COC3C2OP(=O)(O)OC[C@H]2O[C@@H](n3cnc4c(N)ncnc43)C(O)C2O)c(=O)[nH]1. The van der Waals surface area contributed by atoms with Crippen molar-refractivity contribution in [3.05, 3.63) is 29.3 Å². The quantitative estimate of drug-likeness (QED) is 0.0852. The average molecular weight is 687 g/mol. The molecule has 23 nitrogen and oxygen atoms in total. The Kier molecular flexibility index (Phi) is 7.62. The molecule has 0 amide bonds. The summed E-state index contributed by atoms with van der Waals surface area (Å²) in [5.74, 6) is -0.175. The van der Waals surface area contributed by atoms with Gasteiger partial charge in [0, 0.05) is 4.57 Å². The fraction of sp³-hybridized carbons (Fsp3) is 0.524. The van der Waals surface area contributed by atoms with E-state index in [4.69, 9.17) is 39.2 Å². The van der Waals surface area contributed by atoms with Crippen LogP contribution in [0.2, 0.25) is 0 Å². The molecule has 0 aromatic carbocycles. The molecule has 3 fully saturated rings. The third kappa shape index (κ3) is 5.15. The van der Waals surface area contributed by atoms with Crippen LogP contribution >= 0.6 is 16.1 Å². The number of aliphatic hydroxyl groups is 2. The minimum Gasteiger partial charge on any atom is -0.387 e. The number of phosphoric acid groups is 1. The number of anilines is 2. The summed E-state index contributed by atoms with van der Waals surface area (Å²) in [6, 6.07) is 0. The normalized spacial score (nSPS) is 32.4. The molecule has 4 aromatic heterocycles. The number of rotatable bonds is 10. The lowest BCUT2D eigenvalue weighted by Gasteiger charge is -2.42. The molecule has 3 aliphatic heterocycles. The van der Waals surface area contributed by atoms with E-state index in [9.17, 15) is 33.9 Å². The van der Waals surface area contributed by atoms with Crippen LogP contribution in [0.3, 0.4) is 0 Å². The molecule has 25 heteroatoms. The van der Waals surface area contributed by atoms with Crippen molar-refractivity contribution in [1.82, 2.24) is 39.0 Å². The predicted octanol–water partition coefficient (Wildman–Crippen LogP) is -2.42. The molecule has 7 rings (SSSR count). The molecule has 0 radical (unpaired) electrons. The Morgan fingerprint density at radius 2 is 1.85 bits per heavy atom. The van der Waals surface area contributed by atoms with E-state index >= 15 is 0 Å². The Morgan fingerprint density at radius 1 is 1.11 bits per heavy atom. The number of fused-ring (bicyclic) bond motifs is 3. The maximum absolute atomic E-state index is 13.3. The number of nitrogens with zero attached hydrogens (tertiary/aromatic N) is 7. The summed E-state index contributed by atoms with van der Waals surface area (Å²) in [5.41, 5.74) is 9.65. The van der Waals surface area contributed by atoms with Crippen LogP contribution in [0.1, 0.15) is 12.5 Å². The van der Waals surface area contributed by atoms with Gasteiger partial charge in [-0.05, 0) is 0 Å². The van der Waals surface area contributed by atoms with Gasteiger partial charge in [0.25, 0.3) is 5.56 Å². The molecule has 0 saturated carbocycles. The van der Waals surface area contributed by atoms with Crippen molar-refractivity contribution in [1.29, 1.82) is 0 Å². The van der Waals surface area contributed by atoms with Gasteiger partial charge in [-0.1, -0.05) is 0 Å². The smallest absolute Gasteiger partial charge is 0.387 e. The van der Waals surface area contributed by atoms with Gasteiger partial charge in [0.1, 0.15) is 49.0 Å². The highest BCUT2D eigenvalue weighted by molar-refractivity contribution is 7.47. The number of imidazole rings is 2. The molecular formula is C21H25N10O13P2+. The second kappa shape index (κ2) is 11.3. The molecular weight excluding hydrogens is 662 g/mol. The van der Waals surface area contributed by atoms with Gasteiger partial charge < -0.3 is 40.8 Å². The van der Waals surface area contributed by atoms with Crippen LogP contribution in [0.5, 0.6) is 0 Å². The highest BCUT2D eigenvalue weighted by Crippen LogP contribution is 2.55. The first-order valence-electron chi connectivity index (χ1n) is 13.3. The Bertz CT molecular complexity index is 1940. The molecule has 46 heavy (non-hydrogen) atoms. The van der Waals surface area contributed by atoms with Gasteiger partial charge in [0.05, 0.1) is 25.9 Å². The number of aromatic nitrogens is 8. The van der Waals surface area contributed by atoms with Gasteiger partial charge in [-0.2, -0.15) is 4.98 Å². The topological polar surface area (TPSA) is 330 Å². The summed E-state index contributed by atoms with van der Waals surface area (Å²) in [5, 5.41) is 21.4. The summed E-state index contributed by atoms with van der Waals surface area (Å²) >= 11 is 0. The molecule has 4 aromatic rings. The van der Waals surface area contributed by atoms with Gasteiger partial charge in [0.15, 0.2) is 40.7 Å². The summed E-state index contributed by atoms with van der Waals surface area (Å²) in [6.07, 6.45) is -6.04. The fourth-order valence-corrected chi connectivity index (χ4v) is 6.84. The Hall–Kier alpha value is -3.57. The van der Waals surface area contributed by atoms with Crippen molar-refractivity contribution < 1.29 is 56.9 Å². The Balaban J connectivity index is 1.11.